The van der Waals surface area contributed by atoms with Crippen molar-refractivity contribution in [2.75, 3.05) is 13.1 Å². The molecule has 0 bridgehead atoms. The molecule has 0 heterocycles. The topological polar surface area (TPSA) is 78.4 Å². The first kappa shape index (κ1) is 17.3. The number of carbonyl (C=O) groups excluding carboxylic acids is 1. The molecule has 2 amide bonds. The summed E-state index contributed by atoms with van der Waals surface area (Å²) in [4.78, 5) is 21.9. The molecule has 0 saturated carbocycles. The summed E-state index contributed by atoms with van der Waals surface area (Å²) < 4.78 is 0. The maximum Gasteiger partial charge on any atom is 0.315 e. The van der Waals surface area contributed by atoms with Crippen LogP contribution in [0.5, 0.6) is 0 Å². The van der Waals surface area contributed by atoms with Crippen LogP contribution >= 0.6 is 0 Å². The van der Waals surface area contributed by atoms with Crippen LogP contribution in [-0.4, -0.2) is 30.2 Å². The molecule has 0 spiro atoms. The van der Waals surface area contributed by atoms with Gasteiger partial charge in [0.25, 0.3) is 0 Å². The van der Waals surface area contributed by atoms with Gasteiger partial charge >= 0.3 is 12.0 Å². The van der Waals surface area contributed by atoms with E-state index in [1.807, 2.05) is 0 Å². The highest BCUT2D eigenvalue weighted by molar-refractivity contribution is 5.74. The number of hydrogen-bond acceptors (Lipinski definition) is 2. The molecule has 1 unspecified atom stereocenters. The van der Waals surface area contributed by atoms with Crippen molar-refractivity contribution < 1.29 is 14.7 Å². The summed E-state index contributed by atoms with van der Waals surface area (Å²) >= 11 is 0. The second kappa shape index (κ2) is 10.2. The molecule has 19 heavy (non-hydrogen) atoms. The number of hydrogen-bond donors (Lipinski definition) is 3. The Morgan fingerprint density at radius 2 is 1.89 bits per heavy atom. The predicted octanol–water partition coefficient (Wildman–Crippen LogP) is 1.84. The van der Waals surface area contributed by atoms with E-state index in [4.69, 9.17) is 5.11 Å². The molecular formula is C14H24N2O3. The van der Waals surface area contributed by atoms with Crippen LogP contribution in [0.25, 0.3) is 0 Å². The van der Waals surface area contributed by atoms with Crippen molar-refractivity contribution >= 4 is 12.0 Å². The van der Waals surface area contributed by atoms with Gasteiger partial charge in [0.15, 0.2) is 0 Å². The van der Waals surface area contributed by atoms with E-state index in [-0.39, 0.29) is 12.5 Å². The Kier molecular flexibility index (Phi) is 9.33. The molecule has 0 aliphatic rings. The predicted molar refractivity (Wildman–Crippen MR) is 74.7 cm³/mol. The van der Waals surface area contributed by atoms with Gasteiger partial charge in [-0.15, -0.1) is 5.92 Å². The number of carboxylic acid groups (broad SMARTS) is 1. The number of rotatable bonds is 8. The summed E-state index contributed by atoms with van der Waals surface area (Å²) in [6.07, 6.45) is 1.62. The highest BCUT2D eigenvalue weighted by Crippen LogP contribution is 2.20. The Bertz CT molecular complexity index is 342. The van der Waals surface area contributed by atoms with Gasteiger partial charge in [0, 0.05) is 13.0 Å². The standard InChI is InChI=1S/C14H24N2O3/c1-4-5-9-15-14(19)16-10-8-12(11(2)3)6-7-13(17)18/h11-12H,6-10H2,1-3H3,(H,17,18)(H2,15,16,19). The Balaban J connectivity index is 3.87. The second-order valence-electron chi connectivity index (χ2n) is 4.76. The molecule has 1 atom stereocenters. The van der Waals surface area contributed by atoms with Gasteiger partial charge < -0.3 is 15.7 Å². The van der Waals surface area contributed by atoms with Crippen molar-refractivity contribution in [3.05, 3.63) is 0 Å². The third-order valence-corrected chi connectivity index (χ3v) is 2.99. The summed E-state index contributed by atoms with van der Waals surface area (Å²) in [6.45, 7) is 6.75. The summed E-state index contributed by atoms with van der Waals surface area (Å²) in [7, 11) is 0. The fraction of sp³-hybridized carbons (Fsp3) is 0.714. The van der Waals surface area contributed by atoms with Crippen molar-refractivity contribution in [1.29, 1.82) is 0 Å². The van der Waals surface area contributed by atoms with Crippen LogP contribution < -0.4 is 10.6 Å². The SMILES string of the molecule is CC#CCNC(=O)NCCC(CCC(=O)O)C(C)C. The number of amides is 2. The zero-order valence-corrected chi connectivity index (χ0v) is 12.0. The van der Waals surface area contributed by atoms with Crippen molar-refractivity contribution in [2.24, 2.45) is 11.8 Å². The highest BCUT2D eigenvalue weighted by atomic mass is 16.4. The molecule has 5 nitrogen and oxygen atoms in total. The van der Waals surface area contributed by atoms with Crippen molar-refractivity contribution in [2.45, 2.75) is 40.0 Å². The number of urea groups is 1. The van der Waals surface area contributed by atoms with E-state index in [1.165, 1.54) is 0 Å². The molecule has 3 N–H and O–H groups in total. The van der Waals surface area contributed by atoms with E-state index in [9.17, 15) is 9.59 Å². The monoisotopic (exact) mass is 268 g/mol. The zero-order chi connectivity index (χ0) is 14.7. The molecule has 5 heteroatoms. The highest BCUT2D eigenvalue weighted by Gasteiger charge is 2.15. The minimum atomic E-state index is -0.769. The minimum absolute atomic E-state index is 0.182. The van der Waals surface area contributed by atoms with Crippen molar-refractivity contribution in [3.63, 3.8) is 0 Å². The third kappa shape index (κ3) is 9.95. The molecule has 0 fully saturated rings. The summed E-state index contributed by atoms with van der Waals surface area (Å²) in [5.41, 5.74) is 0. The van der Waals surface area contributed by atoms with Crippen LogP contribution in [0.2, 0.25) is 0 Å². The molecule has 0 radical (unpaired) electrons. The number of carbonyl (C=O) groups is 2. The summed E-state index contributed by atoms with van der Waals surface area (Å²) in [5.74, 6) is 5.39. The van der Waals surface area contributed by atoms with E-state index in [0.29, 0.717) is 31.3 Å². The van der Waals surface area contributed by atoms with Gasteiger partial charge in [0.05, 0.1) is 6.54 Å². The molecule has 0 aromatic rings. The second-order valence-corrected chi connectivity index (χ2v) is 4.76. The first-order valence-corrected chi connectivity index (χ1v) is 6.60. The van der Waals surface area contributed by atoms with Crippen LogP contribution in [0, 0.1) is 23.7 Å². The number of carboxylic acids is 1. The fourth-order valence-corrected chi connectivity index (χ4v) is 1.77. The van der Waals surface area contributed by atoms with E-state index in [1.54, 1.807) is 6.92 Å². The summed E-state index contributed by atoms with van der Waals surface area (Å²) in [6, 6.07) is -0.233. The molecular weight excluding hydrogens is 244 g/mol. The fourth-order valence-electron chi connectivity index (χ4n) is 1.77. The largest absolute Gasteiger partial charge is 0.481 e. The maximum atomic E-state index is 11.4. The Morgan fingerprint density at radius 3 is 2.42 bits per heavy atom. The molecule has 0 saturated heterocycles. The maximum absolute atomic E-state index is 11.4. The lowest BCUT2D eigenvalue weighted by atomic mass is 9.88. The Morgan fingerprint density at radius 1 is 1.21 bits per heavy atom. The minimum Gasteiger partial charge on any atom is -0.481 e. The lowest BCUT2D eigenvalue weighted by Crippen LogP contribution is -2.37. The first-order chi connectivity index (χ1) is 8.97. The van der Waals surface area contributed by atoms with Crippen LogP contribution in [0.4, 0.5) is 4.79 Å². The van der Waals surface area contributed by atoms with Crippen LogP contribution in [0.15, 0.2) is 0 Å². The zero-order valence-electron chi connectivity index (χ0n) is 12.0. The van der Waals surface area contributed by atoms with E-state index < -0.39 is 5.97 Å². The van der Waals surface area contributed by atoms with Gasteiger partial charge in [0.2, 0.25) is 0 Å². The van der Waals surface area contributed by atoms with Crippen LogP contribution in [0.1, 0.15) is 40.0 Å². The van der Waals surface area contributed by atoms with Gasteiger partial charge in [-0.3, -0.25) is 4.79 Å². The van der Waals surface area contributed by atoms with Gasteiger partial charge in [-0.2, -0.15) is 0 Å². The molecule has 0 aromatic carbocycles. The Labute approximate surface area is 115 Å². The van der Waals surface area contributed by atoms with E-state index in [0.717, 1.165) is 6.42 Å². The lowest BCUT2D eigenvalue weighted by Gasteiger charge is -2.20. The Hall–Kier alpha value is -1.70. The first-order valence-electron chi connectivity index (χ1n) is 6.60. The number of nitrogens with one attached hydrogen (secondary N) is 2. The van der Waals surface area contributed by atoms with Crippen LogP contribution in [0.3, 0.4) is 0 Å². The van der Waals surface area contributed by atoms with Gasteiger partial charge in [-0.1, -0.05) is 19.8 Å². The third-order valence-electron chi connectivity index (χ3n) is 2.99. The summed E-state index contributed by atoms with van der Waals surface area (Å²) in [5, 5.41) is 14.1. The van der Waals surface area contributed by atoms with E-state index >= 15 is 0 Å². The van der Waals surface area contributed by atoms with E-state index in [2.05, 4.69) is 36.3 Å². The molecule has 0 rings (SSSR count). The van der Waals surface area contributed by atoms with Crippen molar-refractivity contribution in [3.8, 4) is 11.8 Å². The van der Waals surface area contributed by atoms with Crippen molar-refractivity contribution in [1.82, 2.24) is 10.6 Å². The quantitative estimate of drug-likeness (QED) is 0.588. The average molecular weight is 268 g/mol. The molecule has 0 aliphatic carbocycles. The average Bonchev–Trinajstić information content (AvgIpc) is 2.33. The lowest BCUT2D eigenvalue weighted by molar-refractivity contribution is -0.137. The van der Waals surface area contributed by atoms with Gasteiger partial charge in [-0.05, 0) is 31.6 Å². The van der Waals surface area contributed by atoms with Gasteiger partial charge in [0.1, 0.15) is 0 Å². The van der Waals surface area contributed by atoms with Gasteiger partial charge in [-0.25, -0.2) is 4.79 Å². The molecule has 0 aromatic heterocycles. The normalized spacial score (nSPS) is 11.4. The molecule has 0 aliphatic heterocycles. The molecule has 108 valence electrons. The number of aliphatic carboxylic acids is 1. The van der Waals surface area contributed by atoms with Crippen LogP contribution in [-0.2, 0) is 4.79 Å². The smallest absolute Gasteiger partial charge is 0.315 e.